The lowest BCUT2D eigenvalue weighted by Crippen LogP contribution is -2.50. The number of aryl methyl sites for hydroxylation is 2. The van der Waals surface area contributed by atoms with Crippen molar-refractivity contribution < 1.29 is 8.78 Å². The van der Waals surface area contributed by atoms with Gasteiger partial charge in [-0.15, -0.1) is 11.3 Å². The summed E-state index contributed by atoms with van der Waals surface area (Å²) in [6.07, 6.45) is -0.620. The molecule has 1 aliphatic heterocycles. The van der Waals surface area contributed by atoms with Crippen LogP contribution in [0.15, 0.2) is 18.2 Å². The van der Waals surface area contributed by atoms with Gasteiger partial charge in [-0.2, -0.15) is 0 Å². The van der Waals surface area contributed by atoms with Crippen molar-refractivity contribution in [2.24, 2.45) is 5.73 Å². The number of halogens is 2. The Morgan fingerprint density at radius 1 is 1.31 bits per heavy atom. The predicted molar refractivity (Wildman–Crippen MR) is 100 cm³/mol. The highest BCUT2D eigenvalue weighted by atomic mass is 32.1. The first-order valence-electron chi connectivity index (χ1n) is 8.65. The zero-order chi connectivity index (χ0) is 18.4. The molecule has 0 amide bonds. The number of alkyl halides is 1. The molecule has 8 heteroatoms. The summed E-state index contributed by atoms with van der Waals surface area (Å²) < 4.78 is 29.5. The molecule has 0 spiro atoms. The van der Waals surface area contributed by atoms with E-state index in [0.29, 0.717) is 37.5 Å². The van der Waals surface area contributed by atoms with Gasteiger partial charge in [-0.3, -0.25) is 0 Å². The van der Waals surface area contributed by atoms with Crippen molar-refractivity contribution in [3.8, 4) is 0 Å². The van der Waals surface area contributed by atoms with Crippen LogP contribution < -0.4 is 10.6 Å². The standard InChI is InChI=1S/C18H21F2N5S/c1-10-17(26-11(2)22-10)9-25-16-4-3-12(19)7-15(16)23-18(25)24-6-5-13(20)14(21)8-24/h3-4,7,13-14H,5-6,8-9,21H2,1-2H3/t13?,14-/m1/s1. The van der Waals surface area contributed by atoms with E-state index in [2.05, 4.69) is 14.5 Å². The Hall–Kier alpha value is -2.06. The molecule has 0 aliphatic carbocycles. The fraction of sp³-hybridized carbons (Fsp3) is 0.444. The fourth-order valence-corrected chi connectivity index (χ4v) is 4.41. The van der Waals surface area contributed by atoms with E-state index in [-0.39, 0.29) is 5.82 Å². The van der Waals surface area contributed by atoms with Crippen LogP contribution in [0.3, 0.4) is 0 Å². The summed E-state index contributed by atoms with van der Waals surface area (Å²) in [5.41, 5.74) is 8.36. The van der Waals surface area contributed by atoms with Gasteiger partial charge in [-0.1, -0.05) is 0 Å². The van der Waals surface area contributed by atoms with Crippen molar-refractivity contribution in [2.45, 2.75) is 39.0 Å². The summed E-state index contributed by atoms with van der Waals surface area (Å²) in [7, 11) is 0. The zero-order valence-electron chi connectivity index (χ0n) is 14.7. The molecule has 1 unspecified atom stereocenters. The number of nitrogens with zero attached hydrogens (tertiary/aromatic N) is 4. The number of anilines is 1. The van der Waals surface area contributed by atoms with E-state index in [0.717, 1.165) is 21.1 Å². The normalized spacial score (nSPS) is 20.9. The molecule has 1 saturated heterocycles. The summed E-state index contributed by atoms with van der Waals surface area (Å²) in [4.78, 5) is 12.3. The van der Waals surface area contributed by atoms with Crippen LogP contribution in [0.5, 0.6) is 0 Å². The maximum absolute atomic E-state index is 13.8. The smallest absolute Gasteiger partial charge is 0.206 e. The molecular weight excluding hydrogens is 356 g/mol. The molecule has 1 aliphatic rings. The second-order valence-electron chi connectivity index (χ2n) is 6.79. The Morgan fingerprint density at radius 3 is 2.81 bits per heavy atom. The van der Waals surface area contributed by atoms with Crippen LogP contribution >= 0.6 is 11.3 Å². The number of benzene rings is 1. The quantitative estimate of drug-likeness (QED) is 0.762. The number of fused-ring (bicyclic) bond motifs is 1. The van der Waals surface area contributed by atoms with Gasteiger partial charge in [-0.05, 0) is 32.4 Å². The monoisotopic (exact) mass is 377 g/mol. The Labute approximate surface area is 154 Å². The van der Waals surface area contributed by atoms with Crippen LogP contribution in [-0.4, -0.2) is 39.8 Å². The van der Waals surface area contributed by atoms with E-state index >= 15 is 0 Å². The number of thiazole rings is 1. The number of piperidine rings is 1. The van der Waals surface area contributed by atoms with Gasteiger partial charge >= 0.3 is 0 Å². The summed E-state index contributed by atoms with van der Waals surface area (Å²) >= 11 is 1.64. The highest BCUT2D eigenvalue weighted by Gasteiger charge is 2.29. The van der Waals surface area contributed by atoms with Crippen LogP contribution in [0.25, 0.3) is 11.0 Å². The molecule has 26 heavy (non-hydrogen) atoms. The van der Waals surface area contributed by atoms with Gasteiger partial charge < -0.3 is 15.2 Å². The molecule has 4 rings (SSSR count). The SMILES string of the molecule is Cc1nc(C)c(Cn2c(N3CCC(F)[C@H](N)C3)nc3cc(F)ccc32)s1. The fourth-order valence-electron chi connectivity index (χ4n) is 3.49. The molecule has 2 aromatic heterocycles. The van der Waals surface area contributed by atoms with E-state index in [4.69, 9.17) is 5.73 Å². The average molecular weight is 377 g/mol. The average Bonchev–Trinajstić information content (AvgIpc) is 3.10. The number of hydrogen-bond donors (Lipinski definition) is 1. The van der Waals surface area contributed by atoms with Gasteiger partial charge in [0.2, 0.25) is 5.95 Å². The summed E-state index contributed by atoms with van der Waals surface area (Å²) in [5, 5.41) is 1.01. The van der Waals surface area contributed by atoms with Gasteiger partial charge in [0, 0.05) is 24.0 Å². The number of imidazole rings is 1. The zero-order valence-corrected chi connectivity index (χ0v) is 15.6. The molecule has 138 valence electrons. The van der Waals surface area contributed by atoms with Crippen molar-refractivity contribution >= 4 is 28.3 Å². The third-order valence-corrected chi connectivity index (χ3v) is 5.90. The predicted octanol–water partition coefficient (Wildman–Crippen LogP) is 3.17. The third-order valence-electron chi connectivity index (χ3n) is 4.84. The number of nitrogens with two attached hydrogens (primary N) is 1. The maximum atomic E-state index is 13.8. The van der Waals surface area contributed by atoms with Crippen molar-refractivity contribution in [3.63, 3.8) is 0 Å². The Bertz CT molecular complexity index is 951. The van der Waals surface area contributed by atoms with Gasteiger partial charge in [0.1, 0.15) is 12.0 Å². The highest BCUT2D eigenvalue weighted by molar-refractivity contribution is 7.11. The molecule has 2 atom stereocenters. The van der Waals surface area contributed by atoms with Crippen LogP contribution in [0.4, 0.5) is 14.7 Å². The minimum Gasteiger partial charge on any atom is -0.340 e. The molecular formula is C18H21F2N5S. The van der Waals surface area contributed by atoms with Crippen molar-refractivity contribution in [1.82, 2.24) is 14.5 Å². The van der Waals surface area contributed by atoms with Crippen molar-refractivity contribution in [2.75, 3.05) is 18.0 Å². The molecule has 3 aromatic rings. The van der Waals surface area contributed by atoms with E-state index in [1.54, 1.807) is 17.4 Å². The summed E-state index contributed by atoms with van der Waals surface area (Å²) in [5.74, 6) is 0.385. The molecule has 0 radical (unpaired) electrons. The van der Waals surface area contributed by atoms with E-state index in [1.165, 1.54) is 12.1 Å². The second-order valence-corrected chi connectivity index (χ2v) is 8.07. The van der Waals surface area contributed by atoms with Crippen molar-refractivity contribution in [3.05, 3.63) is 39.6 Å². The molecule has 3 heterocycles. The highest BCUT2D eigenvalue weighted by Crippen LogP contribution is 2.29. The summed E-state index contributed by atoms with van der Waals surface area (Å²) in [6, 6.07) is 4.07. The minimum absolute atomic E-state index is 0.322. The molecule has 0 saturated carbocycles. The van der Waals surface area contributed by atoms with Gasteiger partial charge in [0.25, 0.3) is 0 Å². The van der Waals surface area contributed by atoms with Gasteiger partial charge in [0.05, 0.1) is 34.3 Å². The Kier molecular flexibility index (Phi) is 4.40. The lowest BCUT2D eigenvalue weighted by atomic mass is 10.1. The van der Waals surface area contributed by atoms with E-state index < -0.39 is 12.2 Å². The van der Waals surface area contributed by atoms with E-state index in [1.807, 2.05) is 18.7 Å². The van der Waals surface area contributed by atoms with Crippen LogP contribution in [0, 0.1) is 19.7 Å². The number of aromatic nitrogens is 3. The van der Waals surface area contributed by atoms with Crippen LogP contribution in [-0.2, 0) is 6.54 Å². The molecule has 0 bridgehead atoms. The van der Waals surface area contributed by atoms with Crippen LogP contribution in [0.1, 0.15) is 22.0 Å². The first-order chi connectivity index (χ1) is 12.4. The lowest BCUT2D eigenvalue weighted by Gasteiger charge is -2.34. The molecule has 1 fully saturated rings. The lowest BCUT2D eigenvalue weighted by molar-refractivity contribution is 0.243. The van der Waals surface area contributed by atoms with Gasteiger partial charge in [0.15, 0.2) is 0 Å². The first-order valence-corrected chi connectivity index (χ1v) is 9.47. The van der Waals surface area contributed by atoms with Crippen molar-refractivity contribution in [1.29, 1.82) is 0 Å². The second kappa shape index (κ2) is 6.59. The topological polar surface area (TPSA) is 60.0 Å². The Balaban J connectivity index is 1.79. The van der Waals surface area contributed by atoms with Gasteiger partial charge in [-0.25, -0.2) is 18.7 Å². The number of rotatable bonds is 3. The molecule has 1 aromatic carbocycles. The molecule has 2 N–H and O–H groups in total. The first kappa shape index (κ1) is 17.4. The van der Waals surface area contributed by atoms with E-state index in [9.17, 15) is 8.78 Å². The minimum atomic E-state index is -0.993. The van der Waals surface area contributed by atoms with Crippen LogP contribution in [0.2, 0.25) is 0 Å². The third kappa shape index (κ3) is 3.07. The maximum Gasteiger partial charge on any atom is 0.206 e. The summed E-state index contributed by atoms with van der Waals surface area (Å²) in [6.45, 7) is 5.50. The number of hydrogen-bond acceptors (Lipinski definition) is 5. The Morgan fingerprint density at radius 2 is 2.12 bits per heavy atom. The molecule has 5 nitrogen and oxygen atoms in total. The largest absolute Gasteiger partial charge is 0.340 e.